The summed E-state index contributed by atoms with van der Waals surface area (Å²) >= 11 is 0. The van der Waals surface area contributed by atoms with Crippen molar-refractivity contribution >= 4 is 5.91 Å². The molecule has 5 nitrogen and oxygen atoms in total. The molecule has 1 saturated heterocycles. The number of likely N-dealkylation sites (tertiary alicyclic amines) is 1. The van der Waals surface area contributed by atoms with E-state index in [9.17, 15) is 15.0 Å². The lowest BCUT2D eigenvalue weighted by Gasteiger charge is -2.38. The van der Waals surface area contributed by atoms with Gasteiger partial charge in [-0.15, -0.1) is 0 Å². The van der Waals surface area contributed by atoms with Crippen LogP contribution in [-0.4, -0.2) is 69.8 Å². The molecule has 0 aromatic carbocycles. The quantitative estimate of drug-likeness (QED) is 0.793. The Morgan fingerprint density at radius 1 is 1.15 bits per heavy atom. The van der Waals surface area contributed by atoms with Crippen molar-refractivity contribution in [2.24, 2.45) is 0 Å². The molecule has 1 heterocycles. The summed E-state index contributed by atoms with van der Waals surface area (Å²) in [7, 11) is 0. The summed E-state index contributed by atoms with van der Waals surface area (Å²) in [6.07, 6.45) is 4.48. The van der Waals surface area contributed by atoms with Crippen LogP contribution in [0.1, 0.15) is 46.0 Å². The number of β-amino-alcohol motifs (C(OH)–C–C–N with tert-alkyl or cyclic N) is 2. The second-order valence-electron chi connectivity index (χ2n) is 6.52. The van der Waals surface area contributed by atoms with E-state index in [2.05, 4.69) is 13.8 Å². The molecule has 2 fully saturated rings. The van der Waals surface area contributed by atoms with E-state index >= 15 is 0 Å². The lowest BCUT2D eigenvalue weighted by Crippen LogP contribution is -2.49. The molecule has 20 heavy (non-hydrogen) atoms. The smallest absolute Gasteiger partial charge is 0.237 e. The number of hydrogen-bond acceptors (Lipinski definition) is 4. The Morgan fingerprint density at radius 2 is 1.70 bits per heavy atom. The largest absolute Gasteiger partial charge is 0.389 e. The van der Waals surface area contributed by atoms with Crippen molar-refractivity contribution in [1.82, 2.24) is 9.80 Å². The number of carbonyl (C=O) groups is 1. The third-order valence-electron chi connectivity index (χ3n) is 4.51. The molecule has 2 rings (SSSR count). The highest BCUT2D eigenvalue weighted by Gasteiger charge is 2.33. The third-order valence-corrected chi connectivity index (χ3v) is 4.51. The molecule has 1 aliphatic heterocycles. The van der Waals surface area contributed by atoms with Gasteiger partial charge in [0.25, 0.3) is 0 Å². The zero-order chi connectivity index (χ0) is 14.7. The molecule has 5 heteroatoms. The second kappa shape index (κ2) is 6.87. The molecular weight excluding hydrogens is 256 g/mol. The van der Waals surface area contributed by atoms with Crippen LogP contribution in [0.15, 0.2) is 0 Å². The van der Waals surface area contributed by atoms with E-state index in [0.29, 0.717) is 25.7 Å². The summed E-state index contributed by atoms with van der Waals surface area (Å²) in [5, 5.41) is 19.1. The van der Waals surface area contributed by atoms with Gasteiger partial charge in [0, 0.05) is 25.2 Å². The number of nitrogens with zero attached hydrogens (tertiary/aromatic N) is 2. The van der Waals surface area contributed by atoms with E-state index in [1.54, 1.807) is 0 Å². The monoisotopic (exact) mass is 284 g/mol. The zero-order valence-electron chi connectivity index (χ0n) is 12.7. The van der Waals surface area contributed by atoms with Crippen molar-refractivity contribution in [3.63, 3.8) is 0 Å². The lowest BCUT2D eigenvalue weighted by atomic mass is 9.93. The Hall–Kier alpha value is -0.650. The van der Waals surface area contributed by atoms with Crippen LogP contribution in [0.5, 0.6) is 0 Å². The van der Waals surface area contributed by atoms with E-state index in [0.717, 1.165) is 12.8 Å². The van der Waals surface area contributed by atoms with Gasteiger partial charge < -0.3 is 15.1 Å². The Kier molecular flexibility index (Phi) is 5.41. The van der Waals surface area contributed by atoms with Gasteiger partial charge in [-0.25, -0.2) is 0 Å². The average molecular weight is 284 g/mol. The lowest BCUT2D eigenvalue weighted by molar-refractivity contribution is -0.137. The zero-order valence-corrected chi connectivity index (χ0v) is 12.7. The Balaban J connectivity index is 1.93. The number of aliphatic hydroxyl groups is 2. The maximum absolute atomic E-state index is 12.6. The van der Waals surface area contributed by atoms with Crippen LogP contribution >= 0.6 is 0 Å². The van der Waals surface area contributed by atoms with Crippen LogP contribution in [0.25, 0.3) is 0 Å². The first-order valence-electron chi connectivity index (χ1n) is 7.88. The first-order valence-corrected chi connectivity index (χ1v) is 7.88. The van der Waals surface area contributed by atoms with E-state index < -0.39 is 12.2 Å². The first kappa shape index (κ1) is 15.7. The minimum atomic E-state index is -0.718. The van der Waals surface area contributed by atoms with Crippen molar-refractivity contribution in [1.29, 1.82) is 0 Å². The molecule has 0 radical (unpaired) electrons. The number of rotatable bonds is 4. The fourth-order valence-electron chi connectivity index (χ4n) is 3.52. The second-order valence-corrected chi connectivity index (χ2v) is 6.52. The van der Waals surface area contributed by atoms with Crippen molar-refractivity contribution in [3.05, 3.63) is 0 Å². The van der Waals surface area contributed by atoms with Gasteiger partial charge >= 0.3 is 0 Å². The van der Waals surface area contributed by atoms with Gasteiger partial charge in [0.2, 0.25) is 5.91 Å². The molecule has 116 valence electrons. The molecule has 2 N–H and O–H groups in total. The molecule has 2 atom stereocenters. The van der Waals surface area contributed by atoms with Crippen LogP contribution in [0, 0.1) is 0 Å². The normalized spacial score (nSPS) is 29.1. The summed E-state index contributed by atoms with van der Waals surface area (Å²) in [5.41, 5.74) is 0. The molecule has 1 aliphatic carbocycles. The van der Waals surface area contributed by atoms with Gasteiger partial charge in [-0.2, -0.15) is 0 Å². The summed E-state index contributed by atoms with van der Waals surface area (Å²) in [6.45, 7) is 5.23. The first-order chi connectivity index (χ1) is 9.49. The van der Waals surface area contributed by atoms with Crippen LogP contribution in [0.2, 0.25) is 0 Å². The highest BCUT2D eigenvalue weighted by Crippen LogP contribution is 2.24. The Labute approximate surface area is 121 Å². The minimum Gasteiger partial charge on any atom is -0.389 e. The van der Waals surface area contributed by atoms with Gasteiger partial charge in [0.15, 0.2) is 0 Å². The molecule has 0 aromatic heterocycles. The van der Waals surface area contributed by atoms with Crippen LogP contribution in [-0.2, 0) is 4.79 Å². The maximum atomic E-state index is 12.6. The van der Waals surface area contributed by atoms with Crippen LogP contribution in [0.4, 0.5) is 0 Å². The summed E-state index contributed by atoms with van der Waals surface area (Å²) in [5.74, 6) is 0.133. The van der Waals surface area contributed by atoms with E-state index in [-0.39, 0.29) is 11.9 Å². The van der Waals surface area contributed by atoms with E-state index in [1.807, 2.05) is 9.80 Å². The van der Waals surface area contributed by atoms with Crippen molar-refractivity contribution < 1.29 is 15.0 Å². The molecular formula is C15H28N2O3. The summed E-state index contributed by atoms with van der Waals surface area (Å²) in [6, 6.07) is 0.580. The SMILES string of the molecule is CC(C)N(C(=O)CN1C[C@@H](O)[C@@H](O)C1)C1CCCCC1. The molecule has 0 aromatic rings. The molecule has 1 amide bonds. The Bertz CT molecular complexity index is 319. The summed E-state index contributed by atoms with van der Waals surface area (Å²) < 4.78 is 0. The predicted molar refractivity (Wildman–Crippen MR) is 77.3 cm³/mol. The van der Waals surface area contributed by atoms with Crippen molar-refractivity contribution in [2.45, 2.75) is 70.2 Å². The van der Waals surface area contributed by atoms with Gasteiger partial charge in [-0.1, -0.05) is 19.3 Å². The Morgan fingerprint density at radius 3 is 2.20 bits per heavy atom. The van der Waals surface area contributed by atoms with Gasteiger partial charge in [-0.05, 0) is 26.7 Å². The number of amides is 1. The third kappa shape index (κ3) is 3.71. The molecule has 2 aliphatic rings. The fourth-order valence-corrected chi connectivity index (χ4v) is 3.52. The van der Waals surface area contributed by atoms with Crippen molar-refractivity contribution in [3.8, 4) is 0 Å². The van der Waals surface area contributed by atoms with E-state index in [4.69, 9.17) is 0 Å². The van der Waals surface area contributed by atoms with Gasteiger partial charge in [0.05, 0.1) is 18.8 Å². The maximum Gasteiger partial charge on any atom is 0.237 e. The summed E-state index contributed by atoms with van der Waals surface area (Å²) in [4.78, 5) is 16.5. The van der Waals surface area contributed by atoms with Crippen LogP contribution in [0.3, 0.4) is 0 Å². The molecule has 0 bridgehead atoms. The standard InChI is InChI=1S/C15H28N2O3/c1-11(2)17(12-6-4-3-5-7-12)15(20)10-16-8-13(18)14(19)9-16/h11-14,18-19H,3-10H2,1-2H3/t13-,14+. The highest BCUT2D eigenvalue weighted by molar-refractivity contribution is 5.79. The van der Waals surface area contributed by atoms with Gasteiger partial charge in [-0.3, -0.25) is 9.69 Å². The van der Waals surface area contributed by atoms with Crippen molar-refractivity contribution in [2.75, 3.05) is 19.6 Å². The molecule has 1 saturated carbocycles. The molecule has 0 spiro atoms. The topological polar surface area (TPSA) is 64.0 Å². The highest BCUT2D eigenvalue weighted by atomic mass is 16.3. The number of hydrogen-bond donors (Lipinski definition) is 2. The van der Waals surface area contributed by atoms with Crippen LogP contribution < -0.4 is 0 Å². The minimum absolute atomic E-state index is 0.133. The average Bonchev–Trinajstić information content (AvgIpc) is 2.69. The van der Waals surface area contributed by atoms with E-state index in [1.165, 1.54) is 19.3 Å². The molecule has 0 unspecified atom stereocenters. The fraction of sp³-hybridized carbons (Fsp3) is 0.933. The predicted octanol–water partition coefficient (Wildman–Crippen LogP) is 0.593. The van der Waals surface area contributed by atoms with Gasteiger partial charge in [0.1, 0.15) is 0 Å². The number of aliphatic hydroxyl groups excluding tert-OH is 2. The number of carbonyl (C=O) groups excluding carboxylic acids is 1.